The van der Waals surface area contributed by atoms with Crippen LogP contribution in [0.1, 0.15) is 44.2 Å². The summed E-state index contributed by atoms with van der Waals surface area (Å²) in [6.07, 6.45) is 4.30. The molecule has 2 aromatic rings. The van der Waals surface area contributed by atoms with Crippen LogP contribution in [0, 0.1) is 0 Å². The number of rotatable bonds is 7. The Hall–Kier alpha value is -2.55. The molecule has 26 heavy (non-hydrogen) atoms. The first-order chi connectivity index (χ1) is 12.6. The highest BCUT2D eigenvalue weighted by Crippen LogP contribution is 2.32. The highest BCUT2D eigenvalue weighted by atomic mass is 16.5. The van der Waals surface area contributed by atoms with E-state index in [4.69, 9.17) is 4.74 Å². The molecule has 136 valence electrons. The van der Waals surface area contributed by atoms with E-state index in [1.165, 1.54) is 11.1 Å². The molecule has 0 atom stereocenters. The van der Waals surface area contributed by atoms with E-state index in [1.807, 2.05) is 18.2 Å². The second kappa shape index (κ2) is 8.22. The van der Waals surface area contributed by atoms with Crippen molar-refractivity contribution in [1.29, 1.82) is 0 Å². The summed E-state index contributed by atoms with van der Waals surface area (Å²) in [5.74, 6) is 1.09. The highest BCUT2D eigenvalue weighted by Gasteiger charge is 2.22. The van der Waals surface area contributed by atoms with Crippen molar-refractivity contribution in [3.8, 4) is 5.75 Å². The molecule has 2 aromatic carbocycles. The number of benzene rings is 2. The van der Waals surface area contributed by atoms with E-state index in [2.05, 4.69) is 55.6 Å². The molecule has 3 rings (SSSR count). The molecule has 0 spiro atoms. The molecule has 0 unspecified atom stereocenters. The summed E-state index contributed by atoms with van der Waals surface area (Å²) >= 11 is 0. The maximum Gasteiger partial charge on any atom is 0.157 e. The number of ketones is 1. The van der Waals surface area contributed by atoms with Gasteiger partial charge in [-0.2, -0.15) is 0 Å². The van der Waals surface area contributed by atoms with Crippen molar-refractivity contribution in [2.75, 3.05) is 13.2 Å². The maximum atomic E-state index is 11.4. The first-order valence-electron chi connectivity index (χ1n) is 9.32. The lowest BCUT2D eigenvalue weighted by Gasteiger charge is -2.26. The van der Waals surface area contributed by atoms with E-state index in [9.17, 15) is 4.79 Å². The third kappa shape index (κ3) is 4.54. The Balaban J connectivity index is 1.52. The van der Waals surface area contributed by atoms with Gasteiger partial charge in [-0.15, -0.1) is 0 Å². The lowest BCUT2D eigenvalue weighted by Crippen LogP contribution is -2.23. The zero-order valence-corrected chi connectivity index (χ0v) is 15.6. The van der Waals surface area contributed by atoms with Gasteiger partial charge in [0.1, 0.15) is 12.4 Å². The summed E-state index contributed by atoms with van der Waals surface area (Å²) in [5.41, 5.74) is 3.56. The Labute approximate surface area is 156 Å². The van der Waals surface area contributed by atoms with Crippen LogP contribution in [0.5, 0.6) is 5.75 Å². The van der Waals surface area contributed by atoms with E-state index in [0.29, 0.717) is 19.6 Å². The van der Waals surface area contributed by atoms with Gasteiger partial charge in [0.05, 0.1) is 0 Å². The molecule has 3 nitrogen and oxygen atoms in total. The minimum absolute atomic E-state index is 0.0403. The fraction of sp³-hybridized carbons (Fsp3) is 0.348. The van der Waals surface area contributed by atoms with Gasteiger partial charge in [0.2, 0.25) is 0 Å². The third-order valence-corrected chi connectivity index (χ3v) is 5.00. The largest absolute Gasteiger partial charge is 0.492 e. The first kappa shape index (κ1) is 18.2. The fourth-order valence-electron chi connectivity index (χ4n) is 3.30. The van der Waals surface area contributed by atoms with Crippen molar-refractivity contribution in [3.05, 3.63) is 77.5 Å². The summed E-state index contributed by atoms with van der Waals surface area (Å²) in [7, 11) is 0. The summed E-state index contributed by atoms with van der Waals surface area (Å²) in [4.78, 5) is 11.4. The van der Waals surface area contributed by atoms with E-state index < -0.39 is 0 Å². The van der Waals surface area contributed by atoms with Gasteiger partial charge < -0.3 is 10.1 Å². The fourth-order valence-corrected chi connectivity index (χ4v) is 3.30. The van der Waals surface area contributed by atoms with Crippen molar-refractivity contribution in [2.45, 2.75) is 38.5 Å². The van der Waals surface area contributed by atoms with Crippen molar-refractivity contribution in [3.63, 3.8) is 0 Å². The minimum Gasteiger partial charge on any atom is -0.492 e. The molecule has 0 radical (unpaired) electrons. The molecule has 0 heterocycles. The zero-order valence-electron chi connectivity index (χ0n) is 15.6. The van der Waals surface area contributed by atoms with Crippen LogP contribution in [-0.4, -0.2) is 18.9 Å². The minimum atomic E-state index is -0.0403. The quantitative estimate of drug-likeness (QED) is 0.741. The Morgan fingerprint density at radius 1 is 0.962 bits per heavy atom. The van der Waals surface area contributed by atoms with Crippen molar-refractivity contribution in [1.82, 2.24) is 5.32 Å². The molecule has 0 aliphatic heterocycles. The molecule has 0 aromatic heterocycles. The third-order valence-electron chi connectivity index (χ3n) is 5.00. The monoisotopic (exact) mass is 349 g/mol. The zero-order chi connectivity index (χ0) is 18.4. The van der Waals surface area contributed by atoms with Crippen LogP contribution < -0.4 is 10.1 Å². The summed E-state index contributed by atoms with van der Waals surface area (Å²) in [5, 5.41) is 3.29. The lowest BCUT2D eigenvalue weighted by molar-refractivity contribution is -0.115. The van der Waals surface area contributed by atoms with Crippen molar-refractivity contribution in [2.24, 2.45) is 0 Å². The smallest absolute Gasteiger partial charge is 0.157 e. The van der Waals surface area contributed by atoms with Gasteiger partial charge in [0.15, 0.2) is 5.78 Å². The van der Waals surface area contributed by atoms with Crippen LogP contribution in [0.25, 0.3) is 0 Å². The van der Waals surface area contributed by atoms with Gasteiger partial charge in [0, 0.05) is 30.2 Å². The highest BCUT2D eigenvalue weighted by molar-refractivity contribution is 5.91. The van der Waals surface area contributed by atoms with Crippen molar-refractivity contribution >= 4 is 5.78 Å². The standard InChI is InChI=1S/C23H27NO2/c1-23(2,18-7-4-3-5-8-18)19-11-13-22(14-12-19)26-16-15-24-20-9-6-10-21(25)17-20/h3-5,7-8,11-14,17,24H,6,9-10,15-16H2,1-2H3. The van der Waals surface area contributed by atoms with Gasteiger partial charge in [-0.05, 0) is 36.1 Å². The van der Waals surface area contributed by atoms with Gasteiger partial charge >= 0.3 is 0 Å². The Morgan fingerprint density at radius 2 is 1.65 bits per heavy atom. The van der Waals surface area contributed by atoms with Gasteiger partial charge in [-0.3, -0.25) is 4.79 Å². The van der Waals surface area contributed by atoms with E-state index >= 15 is 0 Å². The molecule has 0 saturated carbocycles. The van der Waals surface area contributed by atoms with E-state index in [-0.39, 0.29) is 11.2 Å². The van der Waals surface area contributed by atoms with Crippen LogP contribution in [0.4, 0.5) is 0 Å². The predicted molar refractivity (Wildman–Crippen MR) is 105 cm³/mol. The molecule has 0 bridgehead atoms. The molecule has 0 saturated heterocycles. The van der Waals surface area contributed by atoms with Gasteiger partial charge in [0.25, 0.3) is 0 Å². The number of nitrogens with one attached hydrogen (secondary N) is 1. The van der Waals surface area contributed by atoms with Crippen LogP contribution in [0.2, 0.25) is 0 Å². The number of hydrogen-bond donors (Lipinski definition) is 1. The number of carbonyl (C=O) groups is 1. The second-order valence-electron chi connectivity index (χ2n) is 7.28. The SMILES string of the molecule is CC(C)(c1ccccc1)c1ccc(OCCNC2=CC(=O)CCC2)cc1. The van der Waals surface area contributed by atoms with Crippen molar-refractivity contribution < 1.29 is 9.53 Å². The Bertz CT molecular complexity index is 761. The second-order valence-corrected chi connectivity index (χ2v) is 7.28. The number of ether oxygens (including phenoxy) is 1. The average Bonchev–Trinajstić information content (AvgIpc) is 2.66. The van der Waals surface area contributed by atoms with E-state index in [0.717, 1.165) is 24.3 Å². The van der Waals surface area contributed by atoms with Gasteiger partial charge in [-0.25, -0.2) is 0 Å². The first-order valence-corrected chi connectivity index (χ1v) is 9.32. The number of hydrogen-bond acceptors (Lipinski definition) is 3. The van der Waals surface area contributed by atoms with Crippen LogP contribution in [-0.2, 0) is 10.2 Å². The topological polar surface area (TPSA) is 38.3 Å². The molecule has 0 amide bonds. The Morgan fingerprint density at radius 3 is 2.35 bits per heavy atom. The Kier molecular flexibility index (Phi) is 5.77. The molecule has 0 fully saturated rings. The van der Waals surface area contributed by atoms with Gasteiger partial charge in [-0.1, -0.05) is 56.3 Å². The summed E-state index contributed by atoms with van der Waals surface area (Å²) in [6, 6.07) is 18.9. The average molecular weight is 349 g/mol. The van der Waals surface area contributed by atoms with Crippen LogP contribution in [0.15, 0.2) is 66.4 Å². The molecule has 1 N–H and O–H groups in total. The number of carbonyl (C=O) groups excluding carboxylic acids is 1. The molecular formula is C23H27NO2. The molecule has 1 aliphatic rings. The molecule has 1 aliphatic carbocycles. The van der Waals surface area contributed by atoms with E-state index in [1.54, 1.807) is 6.08 Å². The molecule has 3 heteroatoms. The normalized spacial score (nSPS) is 14.7. The molecular weight excluding hydrogens is 322 g/mol. The predicted octanol–water partition coefficient (Wildman–Crippen LogP) is 4.62. The van der Waals surface area contributed by atoms with Crippen LogP contribution in [0.3, 0.4) is 0 Å². The lowest BCUT2D eigenvalue weighted by atomic mass is 9.78. The van der Waals surface area contributed by atoms with Crippen LogP contribution >= 0.6 is 0 Å². The maximum absolute atomic E-state index is 11.4. The summed E-state index contributed by atoms with van der Waals surface area (Å²) < 4.78 is 5.82. The summed E-state index contributed by atoms with van der Waals surface area (Å²) in [6.45, 7) is 5.76. The number of allylic oxidation sites excluding steroid dienone is 2.